The molecular weight excluding hydrogens is 340 g/mol. The number of aromatic nitrogens is 1. The van der Waals surface area contributed by atoms with E-state index in [9.17, 15) is 0 Å². The monoisotopic (exact) mass is 346 g/mol. The number of halogens is 2. The third kappa shape index (κ3) is 2.47. The molecule has 2 N–H and O–H groups in total. The molecule has 0 aliphatic heterocycles. The predicted molar refractivity (Wildman–Crippen MR) is 70.8 cm³/mol. The van der Waals surface area contributed by atoms with Gasteiger partial charge in [0.05, 0.1) is 5.69 Å². The van der Waals surface area contributed by atoms with Crippen molar-refractivity contribution in [3.63, 3.8) is 0 Å². The lowest BCUT2D eigenvalue weighted by Crippen LogP contribution is -1.94. The largest absolute Gasteiger partial charge is 0.325 e. The summed E-state index contributed by atoms with van der Waals surface area (Å²) in [6.45, 7) is 0.496. The Hall–Kier alpha value is -0.230. The van der Waals surface area contributed by atoms with Crippen molar-refractivity contribution in [2.45, 2.75) is 6.54 Å². The molecule has 2 rings (SSSR count). The lowest BCUT2D eigenvalue weighted by atomic mass is 10.2. The Bertz CT molecular complexity index is 482. The van der Waals surface area contributed by atoms with E-state index in [0.717, 1.165) is 25.2 Å². The van der Waals surface area contributed by atoms with E-state index in [4.69, 9.17) is 5.73 Å². The van der Waals surface area contributed by atoms with Gasteiger partial charge in [0.1, 0.15) is 5.01 Å². The van der Waals surface area contributed by atoms with Crippen LogP contribution in [0.2, 0.25) is 0 Å². The van der Waals surface area contributed by atoms with Crippen LogP contribution in [-0.4, -0.2) is 4.98 Å². The molecule has 0 saturated carbocycles. The van der Waals surface area contributed by atoms with Crippen LogP contribution in [0.5, 0.6) is 0 Å². The second-order valence-electron chi connectivity index (χ2n) is 2.95. The van der Waals surface area contributed by atoms with Crippen LogP contribution in [0.4, 0.5) is 0 Å². The summed E-state index contributed by atoms with van der Waals surface area (Å²) >= 11 is 8.55. The topological polar surface area (TPSA) is 38.9 Å². The molecule has 0 aliphatic carbocycles. The molecule has 2 nitrogen and oxygen atoms in total. The molecule has 0 spiro atoms. The van der Waals surface area contributed by atoms with E-state index in [1.165, 1.54) is 0 Å². The summed E-state index contributed by atoms with van der Waals surface area (Å²) in [6.07, 6.45) is 0. The molecule has 0 bridgehead atoms. The fourth-order valence-corrected chi connectivity index (χ4v) is 2.71. The molecule has 0 fully saturated rings. The number of hydrogen-bond acceptors (Lipinski definition) is 3. The number of rotatable bonds is 2. The highest BCUT2D eigenvalue weighted by atomic mass is 79.9. The highest BCUT2D eigenvalue weighted by Gasteiger charge is 2.07. The summed E-state index contributed by atoms with van der Waals surface area (Å²) in [5, 5.41) is 2.98. The van der Waals surface area contributed by atoms with Crippen LogP contribution in [0.3, 0.4) is 0 Å². The first-order valence-electron chi connectivity index (χ1n) is 4.30. The number of hydrogen-bond donors (Lipinski definition) is 1. The first-order chi connectivity index (χ1) is 7.20. The quantitative estimate of drug-likeness (QED) is 0.897. The third-order valence-electron chi connectivity index (χ3n) is 1.93. The van der Waals surface area contributed by atoms with E-state index in [-0.39, 0.29) is 0 Å². The molecule has 1 aromatic heterocycles. The molecule has 0 unspecified atom stereocenters. The molecule has 5 heteroatoms. The van der Waals surface area contributed by atoms with Gasteiger partial charge in [-0.05, 0) is 18.2 Å². The van der Waals surface area contributed by atoms with Gasteiger partial charge in [-0.25, -0.2) is 4.98 Å². The zero-order chi connectivity index (χ0) is 10.8. The summed E-state index contributed by atoms with van der Waals surface area (Å²) in [5.74, 6) is 0. The van der Waals surface area contributed by atoms with Crippen LogP contribution < -0.4 is 5.73 Å². The highest BCUT2D eigenvalue weighted by Crippen LogP contribution is 2.31. The fourth-order valence-electron chi connectivity index (χ4n) is 1.22. The van der Waals surface area contributed by atoms with E-state index < -0.39 is 0 Å². The van der Waals surface area contributed by atoms with Crippen LogP contribution in [-0.2, 0) is 6.54 Å². The van der Waals surface area contributed by atoms with E-state index in [1.807, 2.05) is 23.6 Å². The molecule has 1 heterocycles. The number of nitrogens with zero attached hydrogens (tertiary/aromatic N) is 1. The van der Waals surface area contributed by atoms with Crippen molar-refractivity contribution in [2.24, 2.45) is 5.73 Å². The fraction of sp³-hybridized carbons (Fsp3) is 0.100. The normalized spacial score (nSPS) is 10.6. The first-order valence-corrected chi connectivity index (χ1v) is 6.77. The van der Waals surface area contributed by atoms with Gasteiger partial charge in [-0.15, -0.1) is 11.3 Å². The summed E-state index contributed by atoms with van der Waals surface area (Å²) in [7, 11) is 0. The Morgan fingerprint density at radius 1 is 1.33 bits per heavy atom. The van der Waals surface area contributed by atoms with Crippen molar-refractivity contribution in [3.8, 4) is 11.3 Å². The van der Waals surface area contributed by atoms with Gasteiger partial charge in [0, 0.05) is 26.4 Å². The maximum absolute atomic E-state index is 5.54. The molecule has 0 atom stereocenters. The zero-order valence-electron chi connectivity index (χ0n) is 7.71. The van der Waals surface area contributed by atoms with Crippen LogP contribution in [0.1, 0.15) is 5.01 Å². The molecule has 0 aliphatic rings. The van der Waals surface area contributed by atoms with Gasteiger partial charge in [0.2, 0.25) is 0 Å². The molecule has 2 aromatic rings. The minimum atomic E-state index is 0.496. The van der Waals surface area contributed by atoms with Gasteiger partial charge in [-0.1, -0.05) is 31.9 Å². The Kier molecular flexibility index (Phi) is 3.56. The average Bonchev–Trinajstić information content (AvgIpc) is 2.70. The molecular formula is C10H8Br2N2S. The lowest BCUT2D eigenvalue weighted by molar-refractivity contribution is 1.04. The Balaban J connectivity index is 2.48. The predicted octanol–water partition coefficient (Wildman–Crippen LogP) is 3.79. The molecule has 78 valence electrons. The molecule has 0 radical (unpaired) electrons. The van der Waals surface area contributed by atoms with Crippen LogP contribution in [0.15, 0.2) is 32.5 Å². The average molecular weight is 348 g/mol. The van der Waals surface area contributed by atoms with E-state index in [0.29, 0.717) is 6.54 Å². The second-order valence-corrected chi connectivity index (χ2v) is 5.67. The van der Waals surface area contributed by atoms with Gasteiger partial charge < -0.3 is 5.73 Å². The minimum absolute atomic E-state index is 0.496. The Morgan fingerprint density at radius 2 is 2.13 bits per heavy atom. The molecule has 0 saturated heterocycles. The maximum Gasteiger partial charge on any atom is 0.107 e. The van der Waals surface area contributed by atoms with Crippen molar-refractivity contribution in [3.05, 3.63) is 37.5 Å². The lowest BCUT2D eigenvalue weighted by Gasteiger charge is -2.01. The van der Waals surface area contributed by atoms with Gasteiger partial charge in [-0.2, -0.15) is 0 Å². The molecule has 1 aromatic carbocycles. The first kappa shape index (κ1) is 11.3. The molecule has 15 heavy (non-hydrogen) atoms. The SMILES string of the molecule is NCc1nc(-c2cc(Br)ccc2Br)cs1. The minimum Gasteiger partial charge on any atom is -0.325 e. The number of nitrogens with two attached hydrogens (primary N) is 1. The summed E-state index contributed by atoms with van der Waals surface area (Å²) < 4.78 is 2.09. The smallest absolute Gasteiger partial charge is 0.107 e. The van der Waals surface area contributed by atoms with Gasteiger partial charge in [0.25, 0.3) is 0 Å². The van der Waals surface area contributed by atoms with Crippen molar-refractivity contribution >= 4 is 43.2 Å². The van der Waals surface area contributed by atoms with Gasteiger partial charge >= 0.3 is 0 Å². The van der Waals surface area contributed by atoms with Crippen molar-refractivity contribution in [2.75, 3.05) is 0 Å². The standard InChI is InChI=1S/C10H8Br2N2S/c11-6-1-2-8(12)7(3-6)9-5-15-10(4-13)14-9/h1-3,5H,4,13H2. The van der Waals surface area contributed by atoms with Gasteiger partial charge in [0.15, 0.2) is 0 Å². The van der Waals surface area contributed by atoms with E-state index in [2.05, 4.69) is 36.8 Å². The highest BCUT2D eigenvalue weighted by molar-refractivity contribution is 9.11. The number of benzene rings is 1. The summed E-state index contributed by atoms with van der Waals surface area (Å²) in [5.41, 5.74) is 7.59. The maximum atomic E-state index is 5.54. The van der Waals surface area contributed by atoms with Crippen LogP contribution in [0.25, 0.3) is 11.3 Å². The van der Waals surface area contributed by atoms with E-state index in [1.54, 1.807) is 11.3 Å². The molecule has 0 amide bonds. The Labute approximate surface area is 109 Å². The van der Waals surface area contributed by atoms with E-state index >= 15 is 0 Å². The third-order valence-corrected chi connectivity index (χ3v) is 3.99. The Morgan fingerprint density at radius 3 is 2.80 bits per heavy atom. The van der Waals surface area contributed by atoms with Crippen molar-refractivity contribution < 1.29 is 0 Å². The van der Waals surface area contributed by atoms with Crippen molar-refractivity contribution in [1.29, 1.82) is 0 Å². The number of thiazole rings is 1. The summed E-state index contributed by atoms with van der Waals surface area (Å²) in [4.78, 5) is 4.44. The van der Waals surface area contributed by atoms with Gasteiger partial charge in [-0.3, -0.25) is 0 Å². The van der Waals surface area contributed by atoms with Crippen LogP contribution >= 0.6 is 43.2 Å². The summed E-state index contributed by atoms with van der Waals surface area (Å²) in [6, 6.07) is 6.03. The van der Waals surface area contributed by atoms with Crippen molar-refractivity contribution in [1.82, 2.24) is 4.98 Å². The second kappa shape index (κ2) is 4.74. The zero-order valence-corrected chi connectivity index (χ0v) is 11.7. The van der Waals surface area contributed by atoms with Crippen LogP contribution in [0, 0.1) is 0 Å².